The fourth-order valence-corrected chi connectivity index (χ4v) is 4.95. The van der Waals surface area contributed by atoms with Crippen molar-refractivity contribution >= 4 is 51.4 Å². The summed E-state index contributed by atoms with van der Waals surface area (Å²) in [6.45, 7) is 6.25. The molecule has 3 aromatic carbocycles. The van der Waals surface area contributed by atoms with E-state index in [0.29, 0.717) is 40.2 Å². The van der Waals surface area contributed by atoms with Gasteiger partial charge in [0.25, 0.3) is 11.1 Å². The van der Waals surface area contributed by atoms with Crippen LogP contribution < -0.4 is 9.47 Å². The Kier molecular flexibility index (Phi) is 6.96. The maximum absolute atomic E-state index is 12.6. The van der Waals surface area contributed by atoms with E-state index in [9.17, 15) is 9.59 Å². The zero-order valence-corrected chi connectivity index (χ0v) is 20.2. The molecule has 7 heteroatoms. The Balaban J connectivity index is 1.63. The van der Waals surface area contributed by atoms with Crippen molar-refractivity contribution in [1.29, 1.82) is 0 Å². The van der Waals surface area contributed by atoms with Gasteiger partial charge in [-0.25, -0.2) is 0 Å². The van der Waals surface area contributed by atoms with Crippen LogP contribution >= 0.6 is 23.4 Å². The number of thioether (sulfide) groups is 1. The van der Waals surface area contributed by atoms with Gasteiger partial charge in [-0.1, -0.05) is 54.1 Å². The maximum Gasteiger partial charge on any atom is 0.293 e. The van der Waals surface area contributed by atoms with Gasteiger partial charge in [-0.2, -0.15) is 0 Å². The second-order valence-corrected chi connectivity index (χ2v) is 9.24. The van der Waals surface area contributed by atoms with E-state index in [0.717, 1.165) is 28.1 Å². The highest BCUT2D eigenvalue weighted by atomic mass is 35.5. The van der Waals surface area contributed by atoms with Crippen molar-refractivity contribution in [3.8, 4) is 11.5 Å². The fourth-order valence-electron chi connectivity index (χ4n) is 3.72. The zero-order valence-electron chi connectivity index (χ0n) is 18.6. The first-order chi connectivity index (χ1) is 15.9. The lowest BCUT2D eigenvalue weighted by Crippen LogP contribution is -2.34. The predicted octanol–water partition coefficient (Wildman–Crippen LogP) is 6.92. The third-order valence-electron chi connectivity index (χ3n) is 5.22. The Morgan fingerprint density at radius 3 is 2.55 bits per heavy atom. The van der Waals surface area contributed by atoms with E-state index in [2.05, 4.69) is 18.2 Å². The highest BCUT2D eigenvalue weighted by Crippen LogP contribution is 2.40. The van der Waals surface area contributed by atoms with Crippen LogP contribution in [-0.4, -0.2) is 28.7 Å². The van der Waals surface area contributed by atoms with Gasteiger partial charge in [-0.05, 0) is 72.6 Å². The molecule has 1 aliphatic rings. The minimum Gasteiger partial charge on any atom is -0.490 e. The predicted molar refractivity (Wildman–Crippen MR) is 134 cm³/mol. The molecule has 0 bridgehead atoms. The van der Waals surface area contributed by atoms with E-state index in [4.69, 9.17) is 21.1 Å². The van der Waals surface area contributed by atoms with Crippen LogP contribution in [0, 0.1) is 0 Å². The Bertz CT molecular complexity index is 1250. The van der Waals surface area contributed by atoms with Crippen LogP contribution in [0.3, 0.4) is 0 Å². The molecule has 2 amide bonds. The lowest BCUT2D eigenvalue weighted by atomic mass is 10.1. The molecule has 0 aromatic heterocycles. The van der Waals surface area contributed by atoms with Crippen molar-refractivity contribution in [2.45, 2.75) is 33.4 Å². The van der Waals surface area contributed by atoms with Crippen molar-refractivity contribution in [3.05, 3.63) is 75.7 Å². The molecular formula is C26H24ClNO4S. The first-order valence-electron chi connectivity index (χ1n) is 10.7. The Morgan fingerprint density at radius 1 is 1.06 bits per heavy atom. The average Bonchev–Trinajstić information content (AvgIpc) is 3.06. The van der Waals surface area contributed by atoms with E-state index in [1.165, 1.54) is 4.90 Å². The van der Waals surface area contributed by atoms with Gasteiger partial charge in [-0.3, -0.25) is 14.5 Å². The number of rotatable bonds is 7. The van der Waals surface area contributed by atoms with Crippen LogP contribution in [-0.2, 0) is 11.4 Å². The van der Waals surface area contributed by atoms with E-state index >= 15 is 0 Å². The third-order valence-corrected chi connectivity index (χ3v) is 6.39. The number of benzene rings is 3. The Labute approximate surface area is 202 Å². The maximum atomic E-state index is 12.6. The summed E-state index contributed by atoms with van der Waals surface area (Å²) in [6, 6.07) is 17.5. The number of fused-ring (bicyclic) bond motifs is 1. The van der Waals surface area contributed by atoms with Gasteiger partial charge in [-0.15, -0.1) is 0 Å². The minimum absolute atomic E-state index is 0.198. The van der Waals surface area contributed by atoms with Gasteiger partial charge in [0, 0.05) is 6.04 Å². The summed E-state index contributed by atoms with van der Waals surface area (Å²) in [6.07, 6.45) is 1.66. The smallest absolute Gasteiger partial charge is 0.293 e. The van der Waals surface area contributed by atoms with Crippen molar-refractivity contribution in [1.82, 2.24) is 4.90 Å². The van der Waals surface area contributed by atoms with Gasteiger partial charge >= 0.3 is 0 Å². The number of carbonyl (C=O) groups is 2. The molecular weight excluding hydrogens is 458 g/mol. The van der Waals surface area contributed by atoms with E-state index in [-0.39, 0.29) is 17.2 Å². The normalized spacial score (nSPS) is 15.2. The van der Waals surface area contributed by atoms with Crippen LogP contribution in [0.15, 0.2) is 59.5 Å². The first kappa shape index (κ1) is 23.2. The molecule has 0 radical (unpaired) electrons. The number of imide groups is 1. The van der Waals surface area contributed by atoms with Gasteiger partial charge in [0.1, 0.15) is 6.61 Å². The van der Waals surface area contributed by atoms with Crippen molar-refractivity contribution in [3.63, 3.8) is 0 Å². The van der Waals surface area contributed by atoms with E-state index in [1.54, 1.807) is 18.2 Å². The molecule has 0 aliphatic carbocycles. The molecule has 1 fully saturated rings. The van der Waals surface area contributed by atoms with Crippen LogP contribution in [0.4, 0.5) is 4.79 Å². The van der Waals surface area contributed by atoms with Crippen molar-refractivity contribution in [2.75, 3.05) is 6.61 Å². The topological polar surface area (TPSA) is 55.8 Å². The molecule has 1 saturated heterocycles. The second-order valence-electron chi connectivity index (χ2n) is 7.84. The molecule has 4 rings (SSSR count). The second kappa shape index (κ2) is 9.89. The number of hydrogen-bond acceptors (Lipinski definition) is 5. The fraction of sp³-hybridized carbons (Fsp3) is 0.231. The summed E-state index contributed by atoms with van der Waals surface area (Å²) < 4.78 is 11.9. The number of hydrogen-bond donors (Lipinski definition) is 0. The number of ether oxygens (including phenoxy) is 2. The first-order valence-corrected chi connectivity index (χ1v) is 11.9. The number of carbonyl (C=O) groups excluding carboxylic acids is 2. The standard InChI is InChI=1S/C26H24ClNO4S/c1-4-31-22-13-17(14-23-25(29)28(16(2)3)26(30)33-23)12-21(27)24(22)32-15-19-10-7-9-18-8-5-6-11-20(18)19/h5-14,16H,4,15H2,1-3H3/b23-14+. The minimum atomic E-state index is -0.301. The molecule has 33 heavy (non-hydrogen) atoms. The van der Waals surface area contributed by atoms with Crippen molar-refractivity contribution in [2.24, 2.45) is 0 Å². The molecule has 170 valence electrons. The quantitative estimate of drug-likeness (QED) is 0.343. The molecule has 0 spiro atoms. The van der Waals surface area contributed by atoms with Crippen LogP contribution in [0.1, 0.15) is 31.9 Å². The number of nitrogens with zero attached hydrogens (tertiary/aromatic N) is 1. The van der Waals surface area contributed by atoms with Gasteiger partial charge in [0.2, 0.25) is 0 Å². The number of amides is 2. The summed E-state index contributed by atoms with van der Waals surface area (Å²) in [7, 11) is 0. The SMILES string of the molecule is CCOc1cc(/C=C2/SC(=O)N(C(C)C)C2=O)cc(Cl)c1OCc1cccc2ccccc12. The third kappa shape index (κ3) is 4.87. The molecule has 3 aromatic rings. The van der Waals surface area contributed by atoms with Gasteiger partial charge in [0.15, 0.2) is 11.5 Å². The molecule has 1 aliphatic heterocycles. The highest BCUT2D eigenvalue weighted by molar-refractivity contribution is 8.18. The monoisotopic (exact) mass is 481 g/mol. The summed E-state index contributed by atoms with van der Waals surface area (Å²) in [5.74, 6) is 0.629. The molecule has 1 heterocycles. The zero-order chi connectivity index (χ0) is 23.5. The summed E-state index contributed by atoms with van der Waals surface area (Å²) in [5, 5.41) is 2.36. The average molecular weight is 482 g/mol. The summed E-state index contributed by atoms with van der Waals surface area (Å²) >= 11 is 7.51. The van der Waals surface area contributed by atoms with Crippen LogP contribution in [0.25, 0.3) is 16.8 Å². The number of halogens is 1. The van der Waals surface area contributed by atoms with Gasteiger partial charge in [0.05, 0.1) is 16.5 Å². The largest absolute Gasteiger partial charge is 0.490 e. The van der Waals surface area contributed by atoms with Crippen LogP contribution in [0.2, 0.25) is 5.02 Å². The summed E-state index contributed by atoms with van der Waals surface area (Å²) in [4.78, 5) is 26.4. The van der Waals surface area contributed by atoms with E-state index < -0.39 is 0 Å². The highest BCUT2D eigenvalue weighted by Gasteiger charge is 2.36. The van der Waals surface area contributed by atoms with Gasteiger partial charge < -0.3 is 9.47 Å². The summed E-state index contributed by atoms with van der Waals surface area (Å²) in [5.41, 5.74) is 1.70. The molecule has 5 nitrogen and oxygen atoms in total. The Morgan fingerprint density at radius 2 is 1.82 bits per heavy atom. The Hall–Kier alpha value is -2.96. The van der Waals surface area contributed by atoms with Crippen molar-refractivity contribution < 1.29 is 19.1 Å². The molecule has 0 N–H and O–H groups in total. The van der Waals surface area contributed by atoms with E-state index in [1.807, 2.05) is 45.0 Å². The lowest BCUT2D eigenvalue weighted by molar-refractivity contribution is -0.123. The lowest BCUT2D eigenvalue weighted by Gasteiger charge is -2.16. The molecule has 0 atom stereocenters. The molecule has 0 unspecified atom stereocenters. The van der Waals surface area contributed by atoms with Crippen LogP contribution in [0.5, 0.6) is 11.5 Å². The molecule has 0 saturated carbocycles.